The van der Waals surface area contributed by atoms with Crippen molar-refractivity contribution in [2.45, 2.75) is 58.3 Å². The molecular formula is C18H26O2. The summed E-state index contributed by atoms with van der Waals surface area (Å²) in [5.74, 6) is 0.0366. The first-order valence-electron chi connectivity index (χ1n) is 7.98. The van der Waals surface area contributed by atoms with Gasteiger partial charge in [-0.1, -0.05) is 62.9 Å². The van der Waals surface area contributed by atoms with Crippen molar-refractivity contribution >= 4 is 5.97 Å². The number of esters is 1. The highest BCUT2D eigenvalue weighted by molar-refractivity contribution is 5.77. The van der Waals surface area contributed by atoms with E-state index in [9.17, 15) is 4.79 Å². The molecule has 0 spiro atoms. The van der Waals surface area contributed by atoms with Crippen LogP contribution in [0.15, 0.2) is 30.3 Å². The molecule has 2 heteroatoms. The second-order valence-corrected chi connectivity index (χ2v) is 5.99. The van der Waals surface area contributed by atoms with E-state index in [1.807, 2.05) is 18.2 Å². The van der Waals surface area contributed by atoms with Gasteiger partial charge in [-0.2, -0.15) is 0 Å². The first kappa shape index (κ1) is 15.1. The Balaban J connectivity index is 2.06. The molecule has 1 aromatic rings. The maximum absolute atomic E-state index is 12.6. The van der Waals surface area contributed by atoms with Crippen LogP contribution in [-0.2, 0) is 16.0 Å². The number of benzene rings is 1. The van der Waals surface area contributed by atoms with Crippen molar-refractivity contribution in [2.75, 3.05) is 6.61 Å². The van der Waals surface area contributed by atoms with Crippen molar-refractivity contribution in [1.82, 2.24) is 0 Å². The zero-order valence-corrected chi connectivity index (χ0v) is 12.6. The van der Waals surface area contributed by atoms with Crippen LogP contribution < -0.4 is 0 Å². The number of hydrogen-bond acceptors (Lipinski definition) is 2. The SMILES string of the molecule is CCCCOC(=O)C1(Cc2ccccc2)CCCCC1. The van der Waals surface area contributed by atoms with Gasteiger partial charge in [0.2, 0.25) is 0 Å². The molecule has 0 saturated heterocycles. The lowest BCUT2D eigenvalue weighted by Crippen LogP contribution is -2.37. The minimum absolute atomic E-state index is 0.0366. The van der Waals surface area contributed by atoms with E-state index in [1.165, 1.54) is 12.0 Å². The van der Waals surface area contributed by atoms with Crippen molar-refractivity contribution < 1.29 is 9.53 Å². The highest BCUT2D eigenvalue weighted by Crippen LogP contribution is 2.40. The first-order valence-corrected chi connectivity index (χ1v) is 7.98. The summed E-state index contributed by atoms with van der Waals surface area (Å²) >= 11 is 0. The second-order valence-electron chi connectivity index (χ2n) is 5.99. The molecule has 0 radical (unpaired) electrons. The Morgan fingerprint density at radius 1 is 1.15 bits per heavy atom. The van der Waals surface area contributed by atoms with Gasteiger partial charge < -0.3 is 4.74 Å². The quantitative estimate of drug-likeness (QED) is 0.563. The van der Waals surface area contributed by atoms with E-state index >= 15 is 0 Å². The lowest BCUT2D eigenvalue weighted by molar-refractivity contribution is -0.158. The largest absolute Gasteiger partial charge is 0.465 e. The van der Waals surface area contributed by atoms with Crippen LogP contribution >= 0.6 is 0 Å². The lowest BCUT2D eigenvalue weighted by Gasteiger charge is -2.35. The Hall–Kier alpha value is -1.31. The molecule has 2 rings (SSSR count). The maximum Gasteiger partial charge on any atom is 0.312 e. The number of ether oxygens (including phenoxy) is 1. The number of hydrogen-bond donors (Lipinski definition) is 0. The van der Waals surface area contributed by atoms with Gasteiger partial charge in [-0.05, 0) is 31.2 Å². The monoisotopic (exact) mass is 274 g/mol. The maximum atomic E-state index is 12.6. The zero-order valence-electron chi connectivity index (χ0n) is 12.6. The summed E-state index contributed by atoms with van der Waals surface area (Å²) < 4.78 is 5.56. The summed E-state index contributed by atoms with van der Waals surface area (Å²) in [6.07, 6.45) is 8.37. The van der Waals surface area contributed by atoms with E-state index < -0.39 is 0 Å². The normalized spacial score (nSPS) is 17.6. The third kappa shape index (κ3) is 3.84. The topological polar surface area (TPSA) is 26.3 Å². The Kier molecular flexibility index (Phi) is 5.63. The van der Waals surface area contributed by atoms with E-state index in [1.54, 1.807) is 0 Å². The van der Waals surface area contributed by atoms with Crippen molar-refractivity contribution in [2.24, 2.45) is 5.41 Å². The van der Waals surface area contributed by atoms with Gasteiger partial charge in [0.1, 0.15) is 0 Å². The Labute approximate surface area is 122 Å². The van der Waals surface area contributed by atoms with Crippen LogP contribution in [0.1, 0.15) is 57.4 Å². The van der Waals surface area contributed by atoms with E-state index in [4.69, 9.17) is 4.74 Å². The van der Waals surface area contributed by atoms with Crippen molar-refractivity contribution in [3.8, 4) is 0 Å². The third-order valence-corrected chi connectivity index (χ3v) is 4.36. The second kappa shape index (κ2) is 7.47. The molecule has 0 N–H and O–H groups in total. The lowest BCUT2D eigenvalue weighted by atomic mass is 9.70. The number of carbonyl (C=O) groups excluding carboxylic acids is 1. The summed E-state index contributed by atoms with van der Waals surface area (Å²) in [5, 5.41) is 0. The fraction of sp³-hybridized carbons (Fsp3) is 0.611. The van der Waals surface area contributed by atoms with Crippen molar-refractivity contribution in [3.05, 3.63) is 35.9 Å². The Morgan fingerprint density at radius 3 is 2.50 bits per heavy atom. The highest BCUT2D eigenvalue weighted by atomic mass is 16.5. The Bertz CT molecular complexity index is 405. The molecule has 1 saturated carbocycles. The number of unbranched alkanes of at least 4 members (excludes halogenated alkanes) is 1. The standard InChI is InChI=1S/C18H26O2/c1-2-3-14-20-17(19)18(12-8-5-9-13-18)15-16-10-6-4-7-11-16/h4,6-7,10-11H,2-3,5,8-9,12-15H2,1H3. The summed E-state index contributed by atoms with van der Waals surface area (Å²) in [7, 11) is 0. The predicted molar refractivity (Wildman–Crippen MR) is 81.5 cm³/mol. The highest BCUT2D eigenvalue weighted by Gasteiger charge is 2.40. The van der Waals surface area contributed by atoms with Crippen LogP contribution in [0.3, 0.4) is 0 Å². The summed E-state index contributed by atoms with van der Waals surface area (Å²) in [6.45, 7) is 2.69. The van der Waals surface area contributed by atoms with Gasteiger partial charge in [0.15, 0.2) is 0 Å². The molecule has 1 aromatic carbocycles. The molecule has 0 amide bonds. The average Bonchev–Trinajstić information content (AvgIpc) is 2.49. The van der Waals surface area contributed by atoms with Crippen LogP contribution in [0.25, 0.3) is 0 Å². The number of rotatable bonds is 6. The molecule has 0 aliphatic heterocycles. The van der Waals surface area contributed by atoms with Crippen LogP contribution in [0, 0.1) is 5.41 Å². The molecule has 110 valence electrons. The molecule has 1 aliphatic rings. The van der Waals surface area contributed by atoms with E-state index in [2.05, 4.69) is 19.1 Å². The first-order chi connectivity index (χ1) is 9.77. The molecule has 1 fully saturated rings. The minimum atomic E-state index is -0.270. The summed E-state index contributed by atoms with van der Waals surface area (Å²) in [4.78, 5) is 12.6. The molecule has 2 nitrogen and oxygen atoms in total. The molecule has 1 aliphatic carbocycles. The van der Waals surface area contributed by atoms with Gasteiger partial charge in [-0.3, -0.25) is 4.79 Å². The van der Waals surface area contributed by atoms with Gasteiger partial charge >= 0.3 is 5.97 Å². The van der Waals surface area contributed by atoms with Gasteiger partial charge in [0.05, 0.1) is 12.0 Å². The van der Waals surface area contributed by atoms with E-state index in [0.717, 1.165) is 44.9 Å². The van der Waals surface area contributed by atoms with E-state index in [-0.39, 0.29) is 11.4 Å². The Morgan fingerprint density at radius 2 is 1.85 bits per heavy atom. The number of carbonyl (C=O) groups is 1. The molecule has 0 atom stereocenters. The van der Waals surface area contributed by atoms with Crippen LogP contribution in [-0.4, -0.2) is 12.6 Å². The van der Waals surface area contributed by atoms with Gasteiger partial charge in [0.25, 0.3) is 0 Å². The molecule has 0 unspecified atom stereocenters. The van der Waals surface area contributed by atoms with Gasteiger partial charge in [0, 0.05) is 0 Å². The fourth-order valence-corrected chi connectivity index (χ4v) is 3.13. The van der Waals surface area contributed by atoms with Gasteiger partial charge in [-0.25, -0.2) is 0 Å². The predicted octanol–water partition coefficient (Wildman–Crippen LogP) is 4.52. The zero-order chi connectivity index (χ0) is 14.3. The van der Waals surface area contributed by atoms with Gasteiger partial charge in [-0.15, -0.1) is 0 Å². The molecule has 0 bridgehead atoms. The van der Waals surface area contributed by atoms with Crippen molar-refractivity contribution in [1.29, 1.82) is 0 Å². The van der Waals surface area contributed by atoms with Crippen LogP contribution in [0.4, 0.5) is 0 Å². The van der Waals surface area contributed by atoms with Crippen LogP contribution in [0.2, 0.25) is 0 Å². The molecule has 0 aromatic heterocycles. The molecule has 20 heavy (non-hydrogen) atoms. The minimum Gasteiger partial charge on any atom is -0.465 e. The summed E-state index contributed by atoms with van der Waals surface area (Å²) in [6, 6.07) is 10.4. The fourth-order valence-electron chi connectivity index (χ4n) is 3.13. The molecule has 0 heterocycles. The third-order valence-electron chi connectivity index (χ3n) is 4.36. The van der Waals surface area contributed by atoms with E-state index in [0.29, 0.717) is 6.61 Å². The van der Waals surface area contributed by atoms with Crippen LogP contribution in [0.5, 0.6) is 0 Å². The molecular weight excluding hydrogens is 248 g/mol. The smallest absolute Gasteiger partial charge is 0.312 e. The van der Waals surface area contributed by atoms with Crippen molar-refractivity contribution in [3.63, 3.8) is 0 Å². The summed E-state index contributed by atoms with van der Waals surface area (Å²) in [5.41, 5.74) is 0.981. The average molecular weight is 274 g/mol.